The van der Waals surface area contributed by atoms with E-state index in [0.717, 1.165) is 11.8 Å². The minimum absolute atomic E-state index is 0.00405. The van der Waals surface area contributed by atoms with Gasteiger partial charge in [0.15, 0.2) is 0 Å². The number of carbonyl (C=O) groups excluding carboxylic acids is 3. The van der Waals surface area contributed by atoms with Crippen LogP contribution < -0.4 is 16.4 Å². The molecule has 0 aliphatic carbocycles. The molecular formula is C15H23N5O9S. The Morgan fingerprint density at radius 2 is 1.80 bits per heavy atom. The second kappa shape index (κ2) is 11.9. The number of nitrogens with zero attached hydrogens (tertiary/aromatic N) is 2. The molecule has 2 atom stereocenters. The second-order valence-corrected chi connectivity index (χ2v) is 7.49. The van der Waals surface area contributed by atoms with Crippen LogP contribution >= 0.6 is 11.8 Å². The van der Waals surface area contributed by atoms with Crippen LogP contribution in [0.4, 0.5) is 0 Å². The number of rotatable bonds is 13. The van der Waals surface area contributed by atoms with E-state index in [1.165, 1.54) is 4.90 Å². The summed E-state index contributed by atoms with van der Waals surface area (Å²) in [5, 5.41) is 32.3. The van der Waals surface area contributed by atoms with Crippen molar-refractivity contribution in [1.29, 1.82) is 0 Å². The fourth-order valence-corrected chi connectivity index (χ4v) is 3.25. The monoisotopic (exact) mass is 449 g/mol. The summed E-state index contributed by atoms with van der Waals surface area (Å²) < 4.78 is 0. The molecule has 0 spiro atoms. The van der Waals surface area contributed by atoms with E-state index >= 15 is 0 Å². The molecule has 6 N–H and O–H groups in total. The van der Waals surface area contributed by atoms with Crippen molar-refractivity contribution in [3.63, 3.8) is 0 Å². The quantitative estimate of drug-likeness (QED) is 0.141. The Hall–Kier alpha value is -2.94. The largest absolute Gasteiger partial charge is 0.481 e. The molecule has 0 aromatic heterocycles. The van der Waals surface area contributed by atoms with Gasteiger partial charge >= 0.3 is 11.9 Å². The number of hydrogen-bond donors (Lipinski definition) is 5. The van der Waals surface area contributed by atoms with Crippen molar-refractivity contribution in [1.82, 2.24) is 15.5 Å². The van der Waals surface area contributed by atoms with Gasteiger partial charge in [0.25, 0.3) is 0 Å². The van der Waals surface area contributed by atoms with Crippen LogP contribution in [0.1, 0.15) is 12.8 Å². The van der Waals surface area contributed by atoms with E-state index in [-0.39, 0.29) is 43.3 Å². The summed E-state index contributed by atoms with van der Waals surface area (Å²) >= 11 is 0.972. The Morgan fingerprint density at radius 1 is 1.17 bits per heavy atom. The zero-order chi connectivity index (χ0) is 22.8. The first kappa shape index (κ1) is 25.1. The van der Waals surface area contributed by atoms with Crippen molar-refractivity contribution in [2.24, 2.45) is 5.73 Å². The van der Waals surface area contributed by atoms with E-state index in [9.17, 15) is 34.1 Å². The standard InChI is InChI=1S/C15H23N5O9S/c16-9(1-2-12(22)23)14(26)18-10(15(27)17-3-13(24)25)6-30-7-11(21)19-4-8(5-19)20(28)29/h8-10H,1-7,16H2,(H,17,27)(H,18,26)(H,22,23)(H,24,25)/t9-,10-/m0/s1. The normalized spacial score (nSPS) is 15.4. The SMILES string of the molecule is N[C@@H](CCC(=O)O)C(=O)N[C@@H](CSCC(=O)N1CC([N+](=O)[O-])C1)C(=O)NCC(=O)O. The predicted molar refractivity (Wildman–Crippen MR) is 102 cm³/mol. The average molecular weight is 449 g/mol. The summed E-state index contributed by atoms with van der Waals surface area (Å²) in [6, 6.07) is -3.20. The molecule has 1 rings (SSSR count). The number of nitrogens with two attached hydrogens (primary N) is 1. The zero-order valence-electron chi connectivity index (χ0n) is 15.8. The minimum atomic E-state index is -1.30. The van der Waals surface area contributed by atoms with Crippen LogP contribution in [0.25, 0.3) is 0 Å². The fourth-order valence-electron chi connectivity index (χ4n) is 2.31. The molecule has 0 bridgehead atoms. The number of carboxylic acids is 2. The highest BCUT2D eigenvalue weighted by molar-refractivity contribution is 8.00. The van der Waals surface area contributed by atoms with Gasteiger partial charge < -0.3 is 31.5 Å². The van der Waals surface area contributed by atoms with E-state index in [1.54, 1.807) is 0 Å². The van der Waals surface area contributed by atoms with Gasteiger partial charge in [-0.05, 0) is 6.42 Å². The minimum Gasteiger partial charge on any atom is -0.481 e. The number of nitrogens with one attached hydrogen (secondary N) is 2. The maximum atomic E-state index is 12.2. The summed E-state index contributed by atoms with van der Waals surface area (Å²) in [7, 11) is 0. The molecule has 0 saturated carbocycles. The van der Waals surface area contributed by atoms with Gasteiger partial charge in [0.05, 0.1) is 24.9 Å². The maximum absolute atomic E-state index is 12.2. The number of likely N-dealkylation sites (tertiary alicyclic amines) is 1. The van der Waals surface area contributed by atoms with Crippen molar-refractivity contribution in [3.8, 4) is 0 Å². The molecule has 1 aliphatic heterocycles. The number of amides is 3. The van der Waals surface area contributed by atoms with Crippen molar-refractivity contribution in [2.75, 3.05) is 31.1 Å². The lowest BCUT2D eigenvalue weighted by Crippen LogP contribution is -2.57. The Bertz CT molecular complexity index is 698. The van der Waals surface area contributed by atoms with Crippen LogP contribution in [0.5, 0.6) is 0 Å². The number of hydrogen-bond acceptors (Lipinski definition) is 9. The first-order valence-electron chi connectivity index (χ1n) is 8.77. The summed E-state index contributed by atoms with van der Waals surface area (Å²) in [6.07, 6.45) is -0.516. The smallest absolute Gasteiger partial charge is 0.322 e. The van der Waals surface area contributed by atoms with Crippen molar-refractivity contribution in [3.05, 3.63) is 10.1 Å². The third-order valence-electron chi connectivity index (χ3n) is 4.08. The first-order chi connectivity index (χ1) is 14.0. The van der Waals surface area contributed by atoms with E-state index in [0.29, 0.717) is 0 Å². The van der Waals surface area contributed by atoms with E-state index in [2.05, 4.69) is 10.6 Å². The van der Waals surface area contributed by atoms with Crippen molar-refractivity contribution in [2.45, 2.75) is 31.0 Å². The number of nitro groups is 1. The third kappa shape index (κ3) is 8.60. The second-order valence-electron chi connectivity index (χ2n) is 6.46. The summed E-state index contributed by atoms with van der Waals surface area (Å²) in [5.74, 6) is -4.62. The van der Waals surface area contributed by atoms with E-state index in [1.807, 2.05) is 0 Å². The average Bonchev–Trinajstić information content (AvgIpc) is 2.61. The van der Waals surface area contributed by atoms with Crippen LogP contribution in [0.15, 0.2) is 0 Å². The molecule has 0 radical (unpaired) electrons. The summed E-state index contributed by atoms with van der Waals surface area (Å²) in [4.78, 5) is 68.8. The predicted octanol–water partition coefficient (Wildman–Crippen LogP) is -2.92. The van der Waals surface area contributed by atoms with Gasteiger partial charge in [-0.3, -0.25) is 34.1 Å². The van der Waals surface area contributed by atoms with Crippen LogP contribution in [-0.2, 0) is 24.0 Å². The van der Waals surface area contributed by atoms with Crippen LogP contribution in [0, 0.1) is 10.1 Å². The maximum Gasteiger partial charge on any atom is 0.322 e. The van der Waals surface area contributed by atoms with Crippen molar-refractivity contribution < 1.29 is 39.1 Å². The molecule has 1 fully saturated rings. The number of carbonyl (C=O) groups is 5. The molecule has 15 heteroatoms. The highest BCUT2D eigenvalue weighted by Gasteiger charge is 2.38. The van der Waals surface area contributed by atoms with E-state index in [4.69, 9.17) is 15.9 Å². The van der Waals surface area contributed by atoms with Crippen molar-refractivity contribution >= 4 is 41.4 Å². The van der Waals surface area contributed by atoms with Gasteiger partial charge in [0.1, 0.15) is 12.6 Å². The van der Waals surface area contributed by atoms with E-state index < -0.39 is 53.3 Å². The number of carboxylic acid groups (broad SMARTS) is 2. The van der Waals surface area contributed by atoms with Crippen LogP contribution in [0.2, 0.25) is 0 Å². The van der Waals surface area contributed by atoms with Crippen LogP contribution in [-0.4, -0.2) is 99.0 Å². The molecule has 168 valence electrons. The van der Waals surface area contributed by atoms with Gasteiger partial charge in [0.2, 0.25) is 23.8 Å². The molecule has 0 unspecified atom stereocenters. The molecule has 3 amide bonds. The van der Waals surface area contributed by atoms with Gasteiger partial charge in [0, 0.05) is 17.1 Å². The molecule has 0 aromatic carbocycles. The molecule has 1 saturated heterocycles. The molecule has 1 aliphatic rings. The Labute approximate surface area is 174 Å². The summed E-state index contributed by atoms with van der Waals surface area (Å²) in [5.41, 5.74) is 5.59. The highest BCUT2D eigenvalue weighted by atomic mass is 32.2. The Morgan fingerprint density at radius 3 is 2.33 bits per heavy atom. The number of aliphatic carboxylic acids is 2. The molecule has 0 aromatic rings. The lowest BCUT2D eigenvalue weighted by Gasteiger charge is -2.33. The lowest BCUT2D eigenvalue weighted by molar-refractivity contribution is -0.536. The lowest BCUT2D eigenvalue weighted by atomic mass is 10.1. The molecule has 14 nitrogen and oxygen atoms in total. The van der Waals surface area contributed by atoms with Gasteiger partial charge in [-0.1, -0.05) is 0 Å². The van der Waals surface area contributed by atoms with Gasteiger partial charge in [-0.2, -0.15) is 0 Å². The Balaban J connectivity index is 2.56. The molecular weight excluding hydrogens is 426 g/mol. The number of thioether (sulfide) groups is 1. The molecule has 1 heterocycles. The molecule has 30 heavy (non-hydrogen) atoms. The van der Waals surface area contributed by atoms with Gasteiger partial charge in [-0.15, -0.1) is 11.8 Å². The van der Waals surface area contributed by atoms with Gasteiger partial charge in [-0.25, -0.2) is 0 Å². The fraction of sp³-hybridized carbons (Fsp3) is 0.667. The Kier molecular flexibility index (Phi) is 9.97. The zero-order valence-corrected chi connectivity index (χ0v) is 16.6. The highest BCUT2D eigenvalue weighted by Crippen LogP contribution is 2.14. The topological polar surface area (TPSA) is 222 Å². The van der Waals surface area contributed by atoms with Crippen LogP contribution in [0.3, 0.4) is 0 Å². The summed E-state index contributed by atoms with van der Waals surface area (Å²) in [6.45, 7) is -0.676. The first-order valence-corrected chi connectivity index (χ1v) is 9.93. The third-order valence-corrected chi connectivity index (χ3v) is 5.10.